The van der Waals surface area contributed by atoms with Crippen LogP contribution < -0.4 is 9.47 Å². The Labute approximate surface area is 137 Å². The Balaban J connectivity index is 1.90. The minimum absolute atomic E-state index is 0.138. The van der Waals surface area contributed by atoms with Crippen molar-refractivity contribution in [2.24, 2.45) is 0 Å². The average Bonchev–Trinajstić information content (AvgIpc) is 2.60. The highest BCUT2D eigenvalue weighted by Gasteiger charge is 2.19. The zero-order valence-electron chi connectivity index (χ0n) is 13.5. The van der Waals surface area contributed by atoms with E-state index in [0.717, 1.165) is 41.7 Å². The molecule has 0 bridgehead atoms. The number of fused-ring (bicyclic) bond motifs is 1. The second-order valence-electron chi connectivity index (χ2n) is 5.84. The van der Waals surface area contributed by atoms with E-state index in [1.165, 1.54) is 0 Å². The van der Waals surface area contributed by atoms with Crippen molar-refractivity contribution in [3.63, 3.8) is 0 Å². The SMILES string of the molecule is CCCCc1cc2c(cc1C(=O)Cc1ccccc1)OCCO2. The van der Waals surface area contributed by atoms with Crippen molar-refractivity contribution >= 4 is 5.78 Å². The number of Topliss-reactive ketones (excluding diaryl/α,β-unsaturated/α-hetero) is 1. The quantitative estimate of drug-likeness (QED) is 0.749. The Kier molecular flexibility index (Phi) is 4.96. The number of hydrogen-bond donors (Lipinski definition) is 0. The molecule has 23 heavy (non-hydrogen) atoms. The van der Waals surface area contributed by atoms with Crippen LogP contribution in [-0.2, 0) is 12.8 Å². The lowest BCUT2D eigenvalue weighted by atomic mass is 9.94. The molecule has 0 aliphatic carbocycles. The molecule has 0 saturated heterocycles. The number of carbonyl (C=O) groups is 1. The molecule has 120 valence electrons. The van der Waals surface area contributed by atoms with Gasteiger partial charge in [-0.05, 0) is 36.1 Å². The third-order valence-electron chi connectivity index (χ3n) is 4.08. The summed E-state index contributed by atoms with van der Waals surface area (Å²) in [6, 6.07) is 13.7. The zero-order valence-corrected chi connectivity index (χ0v) is 13.5. The highest BCUT2D eigenvalue weighted by atomic mass is 16.6. The summed E-state index contributed by atoms with van der Waals surface area (Å²) in [5.74, 6) is 1.59. The predicted octanol–water partition coefficient (Wildman–Crippen LogP) is 4.23. The number of aryl methyl sites for hydroxylation is 1. The summed E-state index contributed by atoms with van der Waals surface area (Å²) in [6.07, 6.45) is 3.47. The fourth-order valence-electron chi connectivity index (χ4n) is 2.84. The van der Waals surface area contributed by atoms with E-state index in [1.807, 2.05) is 42.5 Å². The van der Waals surface area contributed by atoms with Crippen LogP contribution in [0.3, 0.4) is 0 Å². The van der Waals surface area contributed by atoms with Crippen molar-refractivity contribution in [1.29, 1.82) is 0 Å². The Hall–Kier alpha value is -2.29. The molecule has 1 heterocycles. The van der Waals surface area contributed by atoms with E-state index >= 15 is 0 Å². The molecule has 2 aromatic rings. The number of carbonyl (C=O) groups excluding carboxylic acids is 1. The maximum atomic E-state index is 12.8. The number of ketones is 1. The molecule has 0 unspecified atom stereocenters. The molecule has 0 N–H and O–H groups in total. The largest absolute Gasteiger partial charge is 0.486 e. The van der Waals surface area contributed by atoms with Crippen molar-refractivity contribution in [2.75, 3.05) is 13.2 Å². The maximum absolute atomic E-state index is 12.8. The number of unbranched alkanes of at least 4 members (excludes halogenated alkanes) is 1. The molecule has 0 atom stereocenters. The number of benzene rings is 2. The number of rotatable bonds is 6. The first-order valence-corrected chi connectivity index (χ1v) is 8.27. The van der Waals surface area contributed by atoms with Gasteiger partial charge in [0.1, 0.15) is 13.2 Å². The third-order valence-corrected chi connectivity index (χ3v) is 4.08. The highest BCUT2D eigenvalue weighted by Crippen LogP contribution is 2.34. The van der Waals surface area contributed by atoms with E-state index in [-0.39, 0.29) is 5.78 Å². The van der Waals surface area contributed by atoms with Gasteiger partial charge in [-0.3, -0.25) is 4.79 Å². The molecule has 0 spiro atoms. The molecule has 2 aromatic carbocycles. The lowest BCUT2D eigenvalue weighted by Crippen LogP contribution is -2.17. The van der Waals surface area contributed by atoms with Crippen molar-refractivity contribution in [3.8, 4) is 11.5 Å². The van der Waals surface area contributed by atoms with E-state index in [4.69, 9.17) is 9.47 Å². The Bertz CT molecular complexity index is 677. The van der Waals surface area contributed by atoms with Gasteiger partial charge in [-0.25, -0.2) is 0 Å². The molecule has 3 heteroatoms. The first-order valence-electron chi connectivity index (χ1n) is 8.27. The Morgan fingerprint density at radius 2 is 1.74 bits per heavy atom. The minimum Gasteiger partial charge on any atom is -0.486 e. The molecule has 3 nitrogen and oxygen atoms in total. The molecule has 0 amide bonds. The average molecular weight is 310 g/mol. The molecule has 3 rings (SSSR count). The first-order chi connectivity index (χ1) is 11.3. The van der Waals surface area contributed by atoms with E-state index in [2.05, 4.69) is 6.92 Å². The van der Waals surface area contributed by atoms with Gasteiger partial charge >= 0.3 is 0 Å². The van der Waals surface area contributed by atoms with E-state index < -0.39 is 0 Å². The molecule has 0 radical (unpaired) electrons. The molecule has 1 aliphatic rings. The standard InChI is InChI=1S/C20H22O3/c1-2-3-9-16-13-19-20(23-11-10-22-19)14-17(16)18(21)12-15-7-5-4-6-8-15/h4-8,13-14H,2-3,9-12H2,1H3. The monoisotopic (exact) mass is 310 g/mol. The maximum Gasteiger partial charge on any atom is 0.167 e. The summed E-state index contributed by atoms with van der Waals surface area (Å²) in [7, 11) is 0. The molecular formula is C20H22O3. The van der Waals surface area contributed by atoms with Crippen LogP contribution in [0.25, 0.3) is 0 Å². The second kappa shape index (κ2) is 7.32. The van der Waals surface area contributed by atoms with Gasteiger partial charge in [0, 0.05) is 12.0 Å². The van der Waals surface area contributed by atoms with Crippen molar-refractivity contribution < 1.29 is 14.3 Å². The van der Waals surface area contributed by atoms with Gasteiger partial charge in [-0.1, -0.05) is 43.7 Å². The van der Waals surface area contributed by atoms with Crippen LogP contribution in [0, 0.1) is 0 Å². The fraction of sp³-hybridized carbons (Fsp3) is 0.350. The minimum atomic E-state index is 0.138. The van der Waals surface area contributed by atoms with Crippen LogP contribution in [0.2, 0.25) is 0 Å². The van der Waals surface area contributed by atoms with Crippen molar-refractivity contribution in [1.82, 2.24) is 0 Å². The fourth-order valence-corrected chi connectivity index (χ4v) is 2.84. The lowest BCUT2D eigenvalue weighted by molar-refractivity contribution is 0.0990. The second-order valence-corrected chi connectivity index (χ2v) is 5.84. The molecule has 0 fully saturated rings. The van der Waals surface area contributed by atoms with Crippen LogP contribution >= 0.6 is 0 Å². The van der Waals surface area contributed by atoms with Crippen LogP contribution in [0.4, 0.5) is 0 Å². The topological polar surface area (TPSA) is 35.5 Å². The smallest absolute Gasteiger partial charge is 0.167 e. The summed E-state index contributed by atoms with van der Waals surface area (Å²) in [4.78, 5) is 12.8. The highest BCUT2D eigenvalue weighted by molar-refractivity contribution is 5.99. The van der Waals surface area contributed by atoms with E-state index in [1.54, 1.807) is 0 Å². The van der Waals surface area contributed by atoms with Gasteiger partial charge in [0.2, 0.25) is 0 Å². The van der Waals surface area contributed by atoms with Crippen LogP contribution in [0.1, 0.15) is 41.3 Å². The van der Waals surface area contributed by atoms with Crippen LogP contribution in [-0.4, -0.2) is 19.0 Å². The van der Waals surface area contributed by atoms with Crippen LogP contribution in [0.5, 0.6) is 11.5 Å². The Morgan fingerprint density at radius 3 is 2.43 bits per heavy atom. The normalized spacial score (nSPS) is 12.9. The van der Waals surface area contributed by atoms with Gasteiger partial charge in [0.05, 0.1) is 0 Å². The molecular weight excluding hydrogens is 288 g/mol. The van der Waals surface area contributed by atoms with Gasteiger partial charge < -0.3 is 9.47 Å². The summed E-state index contributed by atoms with van der Waals surface area (Å²) >= 11 is 0. The zero-order chi connectivity index (χ0) is 16.1. The molecule has 0 saturated carbocycles. The summed E-state index contributed by atoms with van der Waals surface area (Å²) < 4.78 is 11.3. The molecule has 1 aliphatic heterocycles. The summed E-state index contributed by atoms with van der Waals surface area (Å²) in [6.45, 7) is 3.26. The van der Waals surface area contributed by atoms with E-state index in [0.29, 0.717) is 25.4 Å². The lowest BCUT2D eigenvalue weighted by Gasteiger charge is -2.21. The summed E-state index contributed by atoms with van der Waals surface area (Å²) in [5.41, 5.74) is 2.87. The van der Waals surface area contributed by atoms with Gasteiger partial charge in [-0.2, -0.15) is 0 Å². The number of ether oxygens (including phenoxy) is 2. The van der Waals surface area contributed by atoms with E-state index in [9.17, 15) is 4.79 Å². The van der Waals surface area contributed by atoms with Crippen molar-refractivity contribution in [3.05, 3.63) is 59.2 Å². The predicted molar refractivity (Wildman–Crippen MR) is 90.5 cm³/mol. The van der Waals surface area contributed by atoms with Gasteiger partial charge in [0.25, 0.3) is 0 Å². The first kappa shape index (κ1) is 15.6. The van der Waals surface area contributed by atoms with Gasteiger partial charge in [-0.15, -0.1) is 0 Å². The molecule has 0 aromatic heterocycles. The van der Waals surface area contributed by atoms with Crippen molar-refractivity contribution in [2.45, 2.75) is 32.6 Å². The van der Waals surface area contributed by atoms with Crippen LogP contribution in [0.15, 0.2) is 42.5 Å². The summed E-state index contributed by atoms with van der Waals surface area (Å²) in [5, 5.41) is 0. The third kappa shape index (κ3) is 3.73. The van der Waals surface area contributed by atoms with Gasteiger partial charge in [0.15, 0.2) is 17.3 Å². The number of hydrogen-bond acceptors (Lipinski definition) is 3. The Morgan fingerprint density at radius 1 is 1.04 bits per heavy atom.